The largest absolute Gasteiger partial charge is 0.376 e. The van der Waals surface area contributed by atoms with E-state index in [4.69, 9.17) is 0 Å². The fourth-order valence-electron chi connectivity index (χ4n) is 3.42. The van der Waals surface area contributed by atoms with Crippen LogP contribution in [-0.4, -0.2) is 30.3 Å². The van der Waals surface area contributed by atoms with E-state index in [2.05, 4.69) is 30.5 Å². The Morgan fingerprint density at radius 1 is 0.903 bits per heavy atom. The average Bonchev–Trinajstić information content (AvgIpc) is 2.78. The first-order chi connectivity index (χ1) is 14.9. The van der Waals surface area contributed by atoms with Gasteiger partial charge in [-0.25, -0.2) is 0 Å². The van der Waals surface area contributed by atoms with Crippen LogP contribution in [0, 0.1) is 0 Å². The normalized spacial score (nSPS) is 10.6. The Labute approximate surface area is 184 Å². The highest BCUT2D eigenvalue weighted by Crippen LogP contribution is 2.23. The van der Waals surface area contributed by atoms with Crippen molar-refractivity contribution >= 4 is 23.2 Å². The summed E-state index contributed by atoms with van der Waals surface area (Å²) in [5, 5.41) is 6.08. The number of anilines is 2. The number of rotatable bonds is 8. The van der Waals surface area contributed by atoms with Gasteiger partial charge in [0.1, 0.15) is 0 Å². The van der Waals surface area contributed by atoms with Crippen LogP contribution < -0.4 is 10.6 Å². The van der Waals surface area contributed by atoms with E-state index in [9.17, 15) is 9.59 Å². The van der Waals surface area contributed by atoms with E-state index in [0.29, 0.717) is 23.7 Å². The first-order valence-electron chi connectivity index (χ1n) is 10.5. The molecule has 0 fully saturated rings. The van der Waals surface area contributed by atoms with Crippen molar-refractivity contribution in [3.8, 4) is 0 Å². The first-order valence-corrected chi connectivity index (χ1v) is 10.5. The molecule has 0 bridgehead atoms. The molecule has 0 heterocycles. The molecule has 0 aliphatic heterocycles. The van der Waals surface area contributed by atoms with Crippen molar-refractivity contribution in [2.45, 2.75) is 26.3 Å². The molecular weight excluding hydrogens is 386 g/mol. The van der Waals surface area contributed by atoms with Crippen LogP contribution in [0.3, 0.4) is 0 Å². The minimum absolute atomic E-state index is 0.0936. The van der Waals surface area contributed by atoms with Crippen LogP contribution in [0.1, 0.15) is 41.3 Å². The molecule has 2 N–H and O–H groups in total. The highest BCUT2D eigenvalue weighted by Gasteiger charge is 2.13. The van der Waals surface area contributed by atoms with Crippen LogP contribution in [0.5, 0.6) is 0 Å². The van der Waals surface area contributed by atoms with Crippen molar-refractivity contribution < 1.29 is 9.59 Å². The van der Waals surface area contributed by atoms with E-state index in [0.717, 1.165) is 11.3 Å². The Kier molecular flexibility index (Phi) is 7.44. The number of nitrogens with one attached hydrogen (secondary N) is 2. The summed E-state index contributed by atoms with van der Waals surface area (Å²) in [6, 6.07) is 24.9. The van der Waals surface area contributed by atoms with Crippen molar-refractivity contribution in [1.29, 1.82) is 0 Å². The van der Waals surface area contributed by atoms with E-state index < -0.39 is 0 Å². The number of carbonyl (C=O) groups excluding carboxylic acids is 2. The molecule has 0 aliphatic rings. The number of carbonyl (C=O) groups is 2. The van der Waals surface area contributed by atoms with Crippen LogP contribution in [0.15, 0.2) is 78.9 Å². The van der Waals surface area contributed by atoms with Crippen LogP contribution in [0.4, 0.5) is 11.4 Å². The third-order valence-electron chi connectivity index (χ3n) is 5.02. The number of benzene rings is 3. The third kappa shape index (κ3) is 6.19. The summed E-state index contributed by atoms with van der Waals surface area (Å²) >= 11 is 0. The summed E-state index contributed by atoms with van der Waals surface area (Å²) in [6.45, 7) is 4.92. The van der Waals surface area contributed by atoms with Gasteiger partial charge in [-0.3, -0.25) is 9.59 Å². The number of para-hydroxylation sites is 1. The van der Waals surface area contributed by atoms with Gasteiger partial charge in [-0.2, -0.15) is 0 Å². The highest BCUT2D eigenvalue weighted by atomic mass is 16.2. The van der Waals surface area contributed by atoms with Gasteiger partial charge in [0.25, 0.3) is 5.91 Å². The van der Waals surface area contributed by atoms with Gasteiger partial charge in [0.15, 0.2) is 0 Å². The van der Waals surface area contributed by atoms with Gasteiger partial charge < -0.3 is 15.5 Å². The van der Waals surface area contributed by atoms with E-state index >= 15 is 0 Å². The Hall–Kier alpha value is -3.60. The van der Waals surface area contributed by atoms with Gasteiger partial charge in [-0.1, -0.05) is 68.4 Å². The Morgan fingerprint density at radius 2 is 1.61 bits per heavy atom. The van der Waals surface area contributed by atoms with E-state index in [1.165, 1.54) is 5.56 Å². The predicted molar refractivity (Wildman–Crippen MR) is 126 cm³/mol. The molecule has 0 spiro atoms. The minimum atomic E-state index is -0.166. The summed E-state index contributed by atoms with van der Waals surface area (Å²) < 4.78 is 0. The molecule has 0 saturated carbocycles. The van der Waals surface area contributed by atoms with Crippen molar-refractivity contribution in [3.63, 3.8) is 0 Å². The zero-order valence-corrected chi connectivity index (χ0v) is 18.3. The lowest BCUT2D eigenvalue weighted by Crippen LogP contribution is -2.26. The lowest BCUT2D eigenvalue weighted by Gasteiger charge is -2.18. The molecule has 5 nitrogen and oxygen atoms in total. The third-order valence-corrected chi connectivity index (χ3v) is 5.02. The molecule has 0 atom stereocenters. The smallest absolute Gasteiger partial charge is 0.253 e. The van der Waals surface area contributed by atoms with Crippen LogP contribution >= 0.6 is 0 Å². The van der Waals surface area contributed by atoms with Crippen LogP contribution in [0.2, 0.25) is 0 Å². The van der Waals surface area contributed by atoms with E-state index in [-0.39, 0.29) is 18.4 Å². The van der Waals surface area contributed by atoms with Crippen molar-refractivity contribution in [3.05, 3.63) is 95.6 Å². The Morgan fingerprint density at radius 3 is 2.35 bits per heavy atom. The molecule has 31 heavy (non-hydrogen) atoms. The number of amides is 2. The Bertz CT molecular complexity index is 1030. The topological polar surface area (TPSA) is 61.4 Å². The fourth-order valence-corrected chi connectivity index (χ4v) is 3.42. The van der Waals surface area contributed by atoms with Crippen molar-refractivity contribution in [2.24, 2.45) is 0 Å². The average molecular weight is 416 g/mol. The molecule has 3 aromatic rings. The summed E-state index contributed by atoms with van der Waals surface area (Å²) in [7, 11) is 1.77. The summed E-state index contributed by atoms with van der Waals surface area (Å²) in [5.74, 6) is 0.104. The van der Waals surface area contributed by atoms with Crippen molar-refractivity contribution in [2.75, 3.05) is 24.2 Å². The quantitative estimate of drug-likeness (QED) is 0.536. The molecule has 3 aromatic carbocycles. The molecular formula is C26H29N3O2. The molecule has 0 aliphatic carbocycles. The molecule has 160 valence electrons. The van der Waals surface area contributed by atoms with Gasteiger partial charge >= 0.3 is 0 Å². The number of hydrogen-bond donors (Lipinski definition) is 2. The second-order valence-electron chi connectivity index (χ2n) is 7.87. The molecule has 2 amide bonds. The van der Waals surface area contributed by atoms with Crippen LogP contribution in [-0.2, 0) is 11.3 Å². The van der Waals surface area contributed by atoms with Gasteiger partial charge in [-0.05, 0) is 41.3 Å². The number of nitrogens with zero attached hydrogens (tertiary/aromatic N) is 1. The molecule has 0 radical (unpaired) electrons. The van der Waals surface area contributed by atoms with Gasteiger partial charge in [-0.15, -0.1) is 0 Å². The molecule has 0 unspecified atom stereocenters. The molecule has 5 heteroatoms. The lowest BCUT2D eigenvalue weighted by molar-refractivity contribution is -0.114. The fraction of sp³-hybridized carbons (Fsp3) is 0.231. The van der Waals surface area contributed by atoms with Gasteiger partial charge in [0, 0.05) is 30.5 Å². The summed E-state index contributed by atoms with van der Waals surface area (Å²) in [5.41, 5.74) is 4.33. The highest BCUT2D eigenvalue weighted by molar-refractivity contribution is 5.98. The zero-order valence-electron chi connectivity index (χ0n) is 18.3. The molecule has 0 aromatic heterocycles. The SMILES string of the molecule is CC(C)c1ccccc1NCC(=O)Nc1cccc(C(=O)N(C)Cc2ccccc2)c1. The maximum absolute atomic E-state index is 12.8. The predicted octanol–water partition coefficient (Wildman–Crippen LogP) is 5.13. The second-order valence-corrected chi connectivity index (χ2v) is 7.87. The van der Waals surface area contributed by atoms with E-state index in [1.54, 1.807) is 36.2 Å². The van der Waals surface area contributed by atoms with E-state index in [1.807, 2.05) is 48.5 Å². The second kappa shape index (κ2) is 10.4. The van der Waals surface area contributed by atoms with Gasteiger partial charge in [0.05, 0.1) is 6.54 Å². The maximum Gasteiger partial charge on any atom is 0.253 e. The summed E-state index contributed by atoms with van der Waals surface area (Å²) in [4.78, 5) is 26.9. The molecule has 3 rings (SSSR count). The maximum atomic E-state index is 12.8. The van der Waals surface area contributed by atoms with Crippen molar-refractivity contribution in [1.82, 2.24) is 4.90 Å². The van der Waals surface area contributed by atoms with Gasteiger partial charge in [0.2, 0.25) is 5.91 Å². The van der Waals surface area contributed by atoms with Crippen LogP contribution in [0.25, 0.3) is 0 Å². The zero-order chi connectivity index (χ0) is 22.2. The Balaban J connectivity index is 1.60. The monoisotopic (exact) mass is 415 g/mol. The standard InChI is InChI=1S/C26H29N3O2/c1-19(2)23-14-7-8-15-24(23)27-17-25(30)28-22-13-9-12-21(16-22)26(31)29(3)18-20-10-5-4-6-11-20/h4-16,19,27H,17-18H2,1-3H3,(H,28,30). The minimum Gasteiger partial charge on any atom is -0.376 e. The lowest BCUT2D eigenvalue weighted by atomic mass is 10.0. The first kappa shape index (κ1) is 22.1. The summed E-state index contributed by atoms with van der Waals surface area (Å²) in [6.07, 6.45) is 0. The molecule has 0 saturated heterocycles. The number of hydrogen-bond acceptors (Lipinski definition) is 3.